The van der Waals surface area contributed by atoms with Crippen molar-refractivity contribution in [3.63, 3.8) is 0 Å². The molecule has 1 aromatic heterocycles. The fourth-order valence-corrected chi connectivity index (χ4v) is 5.19. The van der Waals surface area contributed by atoms with Gasteiger partial charge in [0.05, 0.1) is 0 Å². The maximum Gasteiger partial charge on any atom is 0.0412 e. The first-order chi connectivity index (χ1) is 12.7. The largest absolute Gasteiger partial charge is 0.317 e. The van der Waals surface area contributed by atoms with Crippen molar-refractivity contribution in [3.05, 3.63) is 53.9 Å². The third-order valence-electron chi connectivity index (χ3n) is 6.88. The molecule has 2 nitrogen and oxygen atoms in total. The summed E-state index contributed by atoms with van der Waals surface area (Å²) in [6.07, 6.45) is 10.1. The summed E-state index contributed by atoms with van der Waals surface area (Å²) in [4.78, 5) is 4.74. The summed E-state index contributed by atoms with van der Waals surface area (Å²) < 4.78 is 0. The predicted molar refractivity (Wildman–Crippen MR) is 109 cm³/mol. The number of benzene rings is 1. The van der Waals surface area contributed by atoms with Gasteiger partial charge in [-0.3, -0.25) is 4.98 Å². The summed E-state index contributed by atoms with van der Waals surface area (Å²) in [6, 6.07) is 13.5. The lowest BCUT2D eigenvalue weighted by Crippen LogP contribution is -2.39. The normalized spacial score (nSPS) is 22.2. The van der Waals surface area contributed by atoms with Gasteiger partial charge in [0.15, 0.2) is 0 Å². The average molecular weight is 349 g/mol. The smallest absolute Gasteiger partial charge is 0.0412 e. The molecule has 2 aromatic rings. The highest BCUT2D eigenvalue weighted by Gasteiger charge is 2.43. The Hall–Kier alpha value is -1.67. The van der Waals surface area contributed by atoms with Crippen LogP contribution in [0.4, 0.5) is 0 Å². The van der Waals surface area contributed by atoms with Crippen molar-refractivity contribution in [2.75, 3.05) is 13.1 Å². The second-order valence-corrected chi connectivity index (χ2v) is 8.72. The van der Waals surface area contributed by atoms with E-state index in [0.29, 0.717) is 11.3 Å². The van der Waals surface area contributed by atoms with Gasteiger partial charge in [-0.2, -0.15) is 0 Å². The molecule has 1 unspecified atom stereocenters. The minimum atomic E-state index is 0.584. The fraction of sp³-hybridized carbons (Fsp3) is 0.542. The lowest BCUT2D eigenvalue weighted by atomic mass is 9.69. The van der Waals surface area contributed by atoms with E-state index in [-0.39, 0.29) is 0 Å². The third kappa shape index (κ3) is 3.57. The minimum Gasteiger partial charge on any atom is -0.317 e. The quantitative estimate of drug-likeness (QED) is 0.779. The van der Waals surface area contributed by atoms with Gasteiger partial charge in [0.2, 0.25) is 0 Å². The monoisotopic (exact) mass is 348 g/mol. The van der Waals surface area contributed by atoms with Crippen LogP contribution in [0, 0.1) is 11.3 Å². The number of piperidine rings is 1. The fourth-order valence-electron chi connectivity index (χ4n) is 5.19. The van der Waals surface area contributed by atoms with Crippen molar-refractivity contribution in [2.24, 2.45) is 11.3 Å². The highest BCUT2D eigenvalue weighted by atomic mass is 14.9. The zero-order valence-electron chi connectivity index (χ0n) is 16.3. The molecule has 1 spiro atoms. The van der Waals surface area contributed by atoms with Gasteiger partial charge in [-0.1, -0.05) is 44.5 Å². The highest BCUT2D eigenvalue weighted by molar-refractivity contribution is 5.63. The van der Waals surface area contributed by atoms with Crippen LogP contribution in [0.2, 0.25) is 0 Å². The van der Waals surface area contributed by atoms with Crippen LogP contribution in [0.5, 0.6) is 0 Å². The maximum absolute atomic E-state index is 4.74. The molecule has 26 heavy (non-hydrogen) atoms. The van der Waals surface area contributed by atoms with Crippen molar-refractivity contribution in [1.82, 2.24) is 10.3 Å². The first-order valence-corrected chi connectivity index (χ1v) is 10.4. The topological polar surface area (TPSA) is 24.9 Å². The Morgan fingerprint density at radius 1 is 1.04 bits per heavy atom. The van der Waals surface area contributed by atoms with Gasteiger partial charge in [0, 0.05) is 11.9 Å². The summed E-state index contributed by atoms with van der Waals surface area (Å²) in [5, 5.41) is 3.55. The van der Waals surface area contributed by atoms with Gasteiger partial charge >= 0.3 is 0 Å². The molecule has 0 radical (unpaired) electrons. The molecule has 1 atom stereocenters. The van der Waals surface area contributed by atoms with Crippen molar-refractivity contribution < 1.29 is 0 Å². The SMILES string of the molecule is CC(C)c1ccc(-c2ccnc(CC3CCCC34CCNCC4)c2)cc1. The van der Waals surface area contributed by atoms with Crippen LogP contribution in [-0.2, 0) is 6.42 Å². The summed E-state index contributed by atoms with van der Waals surface area (Å²) in [7, 11) is 0. The molecular formula is C24H32N2. The van der Waals surface area contributed by atoms with E-state index in [1.54, 1.807) is 0 Å². The molecule has 138 valence electrons. The van der Waals surface area contributed by atoms with Gasteiger partial charge in [0.1, 0.15) is 0 Å². The molecule has 1 aromatic carbocycles. The molecule has 1 N–H and O–H groups in total. The molecule has 0 amide bonds. The summed E-state index contributed by atoms with van der Waals surface area (Å²) in [6.45, 7) is 6.90. The number of nitrogens with one attached hydrogen (secondary N) is 1. The molecule has 1 saturated carbocycles. The van der Waals surface area contributed by atoms with Gasteiger partial charge < -0.3 is 5.32 Å². The number of rotatable bonds is 4. The first-order valence-electron chi connectivity index (χ1n) is 10.4. The number of pyridine rings is 1. The Bertz CT molecular complexity index is 726. The lowest BCUT2D eigenvalue weighted by molar-refractivity contribution is 0.136. The standard InChI is InChI=1S/C24H32N2/c1-18(2)19-5-7-20(8-6-19)21-9-13-26-23(16-21)17-22-4-3-10-24(22)11-14-25-15-12-24/h5-9,13,16,18,22,25H,3-4,10-12,14-15,17H2,1-2H3. The summed E-state index contributed by atoms with van der Waals surface area (Å²) in [5.41, 5.74) is 5.88. The number of hydrogen-bond acceptors (Lipinski definition) is 2. The van der Waals surface area contributed by atoms with E-state index in [9.17, 15) is 0 Å². The maximum atomic E-state index is 4.74. The molecule has 4 rings (SSSR count). The molecule has 2 fully saturated rings. The molecule has 1 aliphatic heterocycles. The summed E-state index contributed by atoms with van der Waals surface area (Å²) in [5.74, 6) is 1.40. The average Bonchev–Trinajstić information content (AvgIpc) is 3.04. The Morgan fingerprint density at radius 2 is 1.81 bits per heavy atom. The predicted octanol–water partition coefficient (Wildman–Crippen LogP) is 5.58. The molecular weight excluding hydrogens is 316 g/mol. The van der Waals surface area contributed by atoms with Crippen molar-refractivity contribution in [2.45, 2.75) is 58.3 Å². The Kier molecular flexibility index (Phi) is 5.13. The van der Waals surface area contributed by atoms with Gasteiger partial charge in [-0.15, -0.1) is 0 Å². The van der Waals surface area contributed by atoms with Crippen molar-refractivity contribution >= 4 is 0 Å². The Morgan fingerprint density at radius 3 is 2.54 bits per heavy atom. The third-order valence-corrected chi connectivity index (χ3v) is 6.88. The van der Waals surface area contributed by atoms with Crippen LogP contribution in [0.1, 0.15) is 63.1 Å². The molecule has 0 bridgehead atoms. The van der Waals surface area contributed by atoms with Crippen LogP contribution >= 0.6 is 0 Å². The second-order valence-electron chi connectivity index (χ2n) is 8.72. The van der Waals surface area contributed by atoms with Crippen LogP contribution in [-0.4, -0.2) is 18.1 Å². The van der Waals surface area contributed by atoms with Gasteiger partial charge in [-0.25, -0.2) is 0 Å². The van der Waals surface area contributed by atoms with E-state index in [1.165, 1.54) is 67.6 Å². The van der Waals surface area contributed by atoms with E-state index >= 15 is 0 Å². The first kappa shape index (κ1) is 17.7. The molecule has 1 saturated heterocycles. The number of hydrogen-bond donors (Lipinski definition) is 1. The zero-order valence-corrected chi connectivity index (χ0v) is 16.3. The van der Waals surface area contributed by atoms with E-state index in [1.807, 2.05) is 6.20 Å². The molecule has 2 aliphatic rings. The number of aromatic nitrogens is 1. The van der Waals surface area contributed by atoms with Crippen LogP contribution < -0.4 is 5.32 Å². The van der Waals surface area contributed by atoms with Crippen LogP contribution in [0.15, 0.2) is 42.6 Å². The molecule has 2 heteroatoms. The second kappa shape index (κ2) is 7.52. The van der Waals surface area contributed by atoms with Gasteiger partial charge in [0.25, 0.3) is 0 Å². The Balaban J connectivity index is 1.52. The zero-order chi connectivity index (χ0) is 18.0. The van der Waals surface area contributed by atoms with E-state index in [4.69, 9.17) is 4.98 Å². The highest BCUT2D eigenvalue weighted by Crippen LogP contribution is 2.50. The lowest BCUT2D eigenvalue weighted by Gasteiger charge is -2.39. The summed E-state index contributed by atoms with van der Waals surface area (Å²) >= 11 is 0. The van der Waals surface area contributed by atoms with Crippen molar-refractivity contribution in [3.8, 4) is 11.1 Å². The molecule has 1 aliphatic carbocycles. The van der Waals surface area contributed by atoms with E-state index in [0.717, 1.165) is 12.3 Å². The molecule has 2 heterocycles. The van der Waals surface area contributed by atoms with Gasteiger partial charge in [-0.05, 0) is 91.3 Å². The van der Waals surface area contributed by atoms with E-state index in [2.05, 4.69) is 55.6 Å². The van der Waals surface area contributed by atoms with Crippen LogP contribution in [0.3, 0.4) is 0 Å². The van der Waals surface area contributed by atoms with Crippen molar-refractivity contribution in [1.29, 1.82) is 0 Å². The van der Waals surface area contributed by atoms with E-state index < -0.39 is 0 Å². The number of nitrogens with zero attached hydrogens (tertiary/aromatic N) is 1. The minimum absolute atomic E-state index is 0.584. The van der Waals surface area contributed by atoms with Crippen LogP contribution in [0.25, 0.3) is 11.1 Å². The Labute approximate surface area is 158 Å².